The van der Waals surface area contributed by atoms with Gasteiger partial charge in [0.1, 0.15) is 11.5 Å². The van der Waals surface area contributed by atoms with Crippen molar-refractivity contribution in [2.45, 2.75) is 26.8 Å². The molecule has 0 fully saturated rings. The monoisotopic (exact) mass is 239 g/mol. The average molecular weight is 239 g/mol. The highest BCUT2D eigenvalue weighted by molar-refractivity contribution is 5.73. The molecule has 5 heteroatoms. The molecule has 17 heavy (non-hydrogen) atoms. The van der Waals surface area contributed by atoms with Gasteiger partial charge in [0.25, 0.3) is 0 Å². The van der Waals surface area contributed by atoms with Crippen LogP contribution in [-0.4, -0.2) is 13.0 Å². The highest BCUT2D eigenvalue weighted by Gasteiger charge is 2.20. The third-order valence-corrected chi connectivity index (χ3v) is 2.33. The summed E-state index contributed by atoms with van der Waals surface area (Å²) in [7, 11) is 1.47. The number of nitrogens with one attached hydrogen (secondary N) is 1. The maximum absolute atomic E-state index is 11.3. The Morgan fingerprint density at radius 2 is 2.06 bits per heavy atom. The molecule has 5 nitrogen and oxygen atoms in total. The Balaban J connectivity index is 3.13. The number of ether oxygens (including phenoxy) is 1. The molecule has 1 heterocycles. The first-order valence-electron chi connectivity index (χ1n) is 5.40. The molecule has 94 valence electrons. The largest absolute Gasteiger partial charge is 0.496 e. The Hall–Kier alpha value is -1.78. The minimum atomic E-state index is -0.490. The number of rotatable bonds is 4. The molecule has 1 N–H and O–H groups in total. The first-order chi connectivity index (χ1) is 7.93. The number of methoxy groups -OCH3 is 1. The van der Waals surface area contributed by atoms with Gasteiger partial charge in [-0.2, -0.15) is 0 Å². The van der Waals surface area contributed by atoms with Crippen LogP contribution in [0.5, 0.6) is 5.75 Å². The van der Waals surface area contributed by atoms with E-state index in [0.29, 0.717) is 11.5 Å². The summed E-state index contributed by atoms with van der Waals surface area (Å²) >= 11 is 0. The van der Waals surface area contributed by atoms with Gasteiger partial charge in [0.05, 0.1) is 19.2 Å². The van der Waals surface area contributed by atoms with Crippen LogP contribution in [0.2, 0.25) is 0 Å². The summed E-state index contributed by atoms with van der Waals surface area (Å²) in [5, 5.41) is 2.75. The number of hydrogen-bond acceptors (Lipinski definition) is 4. The van der Waals surface area contributed by atoms with Crippen LogP contribution in [0.4, 0.5) is 0 Å². The molecule has 0 unspecified atom stereocenters. The fourth-order valence-electron chi connectivity index (χ4n) is 1.53. The van der Waals surface area contributed by atoms with Gasteiger partial charge in [-0.05, 0) is 5.92 Å². The van der Waals surface area contributed by atoms with Crippen LogP contribution in [0, 0.1) is 5.92 Å². The van der Waals surface area contributed by atoms with Gasteiger partial charge in [0.2, 0.25) is 5.91 Å². The summed E-state index contributed by atoms with van der Waals surface area (Å²) in [4.78, 5) is 22.4. The molecule has 1 aromatic heterocycles. The lowest BCUT2D eigenvalue weighted by Gasteiger charge is -2.20. The topological polar surface area (TPSA) is 68.5 Å². The van der Waals surface area contributed by atoms with Crippen LogP contribution in [0.15, 0.2) is 21.3 Å². The molecule has 0 saturated carbocycles. The number of carbonyl (C=O) groups is 1. The first kappa shape index (κ1) is 13.3. The van der Waals surface area contributed by atoms with Crippen molar-refractivity contribution in [2.75, 3.05) is 7.11 Å². The van der Waals surface area contributed by atoms with E-state index < -0.39 is 5.63 Å². The lowest BCUT2D eigenvalue weighted by atomic mass is 10.0. The van der Waals surface area contributed by atoms with E-state index in [-0.39, 0.29) is 17.9 Å². The maximum atomic E-state index is 11.3. The quantitative estimate of drug-likeness (QED) is 0.864. The van der Waals surface area contributed by atoms with Crippen LogP contribution in [0.3, 0.4) is 0 Å². The van der Waals surface area contributed by atoms with Crippen LogP contribution in [-0.2, 0) is 4.79 Å². The zero-order valence-corrected chi connectivity index (χ0v) is 10.4. The molecule has 0 saturated heterocycles. The summed E-state index contributed by atoms with van der Waals surface area (Å²) in [6, 6.07) is 2.53. The van der Waals surface area contributed by atoms with E-state index in [1.165, 1.54) is 20.1 Å². The van der Waals surface area contributed by atoms with Crippen molar-refractivity contribution in [3.63, 3.8) is 0 Å². The Kier molecular flexibility index (Phi) is 4.31. The van der Waals surface area contributed by atoms with E-state index in [1.54, 1.807) is 6.07 Å². The highest BCUT2D eigenvalue weighted by atomic mass is 16.5. The second-order valence-corrected chi connectivity index (χ2v) is 4.14. The van der Waals surface area contributed by atoms with E-state index in [1.807, 2.05) is 13.8 Å². The average Bonchev–Trinajstić information content (AvgIpc) is 2.24. The minimum absolute atomic E-state index is 0.106. The van der Waals surface area contributed by atoms with Crippen molar-refractivity contribution in [2.24, 2.45) is 5.92 Å². The Bertz CT molecular complexity index is 450. The molecule has 1 aromatic rings. The van der Waals surface area contributed by atoms with Gasteiger partial charge in [0.15, 0.2) is 0 Å². The predicted octanol–water partition coefficient (Wildman–Crippen LogP) is 1.48. The van der Waals surface area contributed by atoms with Gasteiger partial charge in [0, 0.05) is 13.0 Å². The smallest absolute Gasteiger partial charge is 0.339 e. The lowest BCUT2D eigenvalue weighted by molar-refractivity contribution is -0.120. The molecule has 0 bridgehead atoms. The number of hydrogen-bond donors (Lipinski definition) is 1. The third-order valence-electron chi connectivity index (χ3n) is 2.33. The van der Waals surface area contributed by atoms with Gasteiger partial charge in [-0.25, -0.2) is 4.79 Å². The summed E-state index contributed by atoms with van der Waals surface area (Å²) < 4.78 is 10.1. The summed E-state index contributed by atoms with van der Waals surface area (Å²) in [6.07, 6.45) is 0. The van der Waals surface area contributed by atoms with E-state index in [2.05, 4.69) is 5.32 Å². The fraction of sp³-hybridized carbons (Fsp3) is 0.500. The molecular formula is C12H17NO4. The molecule has 0 aliphatic heterocycles. The van der Waals surface area contributed by atoms with E-state index in [9.17, 15) is 9.59 Å². The van der Waals surface area contributed by atoms with Gasteiger partial charge >= 0.3 is 5.63 Å². The standard InChI is InChI=1S/C12H17NO4/c1-7(2)12(13-8(3)14)10-5-9(16-4)6-11(15)17-10/h5-7,12H,1-4H3,(H,13,14)/t12-/m0/s1. The van der Waals surface area contributed by atoms with E-state index in [4.69, 9.17) is 9.15 Å². The molecule has 1 atom stereocenters. The summed E-state index contributed by atoms with van der Waals surface area (Å²) in [5.41, 5.74) is -0.490. The Morgan fingerprint density at radius 3 is 2.53 bits per heavy atom. The van der Waals surface area contributed by atoms with E-state index >= 15 is 0 Å². The van der Waals surface area contributed by atoms with Crippen molar-refractivity contribution >= 4 is 5.91 Å². The Labute approximate surface area is 99.8 Å². The molecule has 0 aliphatic rings. The van der Waals surface area contributed by atoms with Crippen molar-refractivity contribution in [3.05, 3.63) is 28.3 Å². The molecule has 0 aliphatic carbocycles. The summed E-state index contributed by atoms with van der Waals surface area (Å²) in [6.45, 7) is 5.29. The number of carbonyl (C=O) groups excluding carboxylic acids is 1. The normalized spacial score (nSPS) is 12.3. The molecular weight excluding hydrogens is 222 g/mol. The summed E-state index contributed by atoms with van der Waals surface area (Å²) in [5.74, 6) is 0.759. The minimum Gasteiger partial charge on any atom is -0.496 e. The van der Waals surface area contributed by atoms with Crippen molar-refractivity contribution in [1.82, 2.24) is 5.32 Å². The number of amides is 1. The molecule has 0 aromatic carbocycles. The van der Waals surface area contributed by atoms with E-state index in [0.717, 1.165) is 0 Å². The van der Waals surface area contributed by atoms with Crippen LogP contribution in [0.1, 0.15) is 32.6 Å². The predicted molar refractivity (Wildman–Crippen MR) is 62.9 cm³/mol. The van der Waals surface area contributed by atoms with Crippen molar-refractivity contribution in [3.8, 4) is 5.75 Å². The van der Waals surface area contributed by atoms with Gasteiger partial charge in [-0.15, -0.1) is 0 Å². The highest BCUT2D eigenvalue weighted by Crippen LogP contribution is 2.23. The van der Waals surface area contributed by atoms with Crippen molar-refractivity contribution < 1.29 is 13.9 Å². The second-order valence-electron chi connectivity index (χ2n) is 4.14. The zero-order valence-electron chi connectivity index (χ0n) is 10.4. The van der Waals surface area contributed by atoms with Crippen LogP contribution in [0.25, 0.3) is 0 Å². The molecule has 0 radical (unpaired) electrons. The second kappa shape index (κ2) is 5.52. The third kappa shape index (κ3) is 3.62. The van der Waals surface area contributed by atoms with Crippen LogP contribution < -0.4 is 15.7 Å². The molecule has 1 amide bonds. The van der Waals surface area contributed by atoms with Gasteiger partial charge in [-0.3, -0.25) is 4.79 Å². The fourth-order valence-corrected chi connectivity index (χ4v) is 1.53. The first-order valence-corrected chi connectivity index (χ1v) is 5.40. The van der Waals surface area contributed by atoms with Crippen LogP contribution >= 0.6 is 0 Å². The van der Waals surface area contributed by atoms with Crippen molar-refractivity contribution in [1.29, 1.82) is 0 Å². The zero-order chi connectivity index (χ0) is 13.0. The SMILES string of the molecule is COc1cc([C@@H](NC(C)=O)C(C)C)oc(=O)c1. The molecule has 1 rings (SSSR count). The Morgan fingerprint density at radius 1 is 1.41 bits per heavy atom. The maximum Gasteiger partial charge on any atom is 0.339 e. The van der Waals surface area contributed by atoms with Gasteiger partial charge < -0.3 is 14.5 Å². The lowest BCUT2D eigenvalue weighted by Crippen LogP contribution is -2.30. The molecule has 0 spiro atoms. The van der Waals surface area contributed by atoms with Gasteiger partial charge in [-0.1, -0.05) is 13.8 Å².